The molecule has 1 aromatic rings. The fourth-order valence-corrected chi connectivity index (χ4v) is 0.974. The number of hydrogen-bond donors (Lipinski definition) is 1. The van der Waals surface area contributed by atoms with E-state index in [0.29, 0.717) is 5.75 Å². The van der Waals surface area contributed by atoms with Gasteiger partial charge in [0.1, 0.15) is 11.6 Å². The van der Waals surface area contributed by atoms with Crippen LogP contribution in [0.2, 0.25) is 0 Å². The van der Waals surface area contributed by atoms with E-state index in [-0.39, 0.29) is 5.56 Å². The summed E-state index contributed by atoms with van der Waals surface area (Å²) in [5.74, 6) is 0.0150. The summed E-state index contributed by atoms with van der Waals surface area (Å²) < 4.78 is 17.9. The van der Waals surface area contributed by atoms with Crippen molar-refractivity contribution in [3.63, 3.8) is 0 Å². The molecular weight excluding hydrogens is 159 g/mol. The summed E-state index contributed by atoms with van der Waals surface area (Å²) in [6.45, 7) is 1.52. The molecule has 0 bridgehead atoms. The average Bonchev–Trinajstić information content (AvgIpc) is 2.03. The molecule has 12 heavy (non-hydrogen) atoms. The van der Waals surface area contributed by atoms with Crippen LogP contribution in [0.4, 0.5) is 4.39 Å². The Kier molecular flexibility index (Phi) is 2.65. The quantitative estimate of drug-likeness (QED) is 0.734. The van der Waals surface area contributed by atoms with Crippen LogP contribution in [-0.2, 0) is 0 Å². The van der Waals surface area contributed by atoms with Crippen LogP contribution in [0.25, 0.3) is 0 Å². The Morgan fingerprint density at radius 1 is 1.50 bits per heavy atom. The fraction of sp³-hybridized carbons (Fsp3) is 0.333. The van der Waals surface area contributed by atoms with Crippen LogP contribution in [0.15, 0.2) is 18.2 Å². The Bertz CT molecular complexity index is 271. The van der Waals surface area contributed by atoms with E-state index in [1.807, 2.05) is 0 Å². The first kappa shape index (κ1) is 9.00. The summed E-state index contributed by atoms with van der Waals surface area (Å²) in [5, 5.41) is 9.09. The van der Waals surface area contributed by atoms with Crippen molar-refractivity contribution in [1.29, 1.82) is 0 Å². The molecule has 0 unspecified atom stereocenters. The van der Waals surface area contributed by atoms with Gasteiger partial charge in [-0.15, -0.1) is 0 Å². The summed E-state index contributed by atoms with van der Waals surface area (Å²) in [6.07, 6.45) is -0.782. The average molecular weight is 170 g/mol. The molecule has 2 nitrogen and oxygen atoms in total. The minimum Gasteiger partial charge on any atom is -0.497 e. The second-order valence-corrected chi connectivity index (χ2v) is 2.56. The highest BCUT2D eigenvalue weighted by atomic mass is 19.1. The Balaban J connectivity index is 3.03. The highest BCUT2D eigenvalue weighted by Gasteiger charge is 2.07. The van der Waals surface area contributed by atoms with E-state index in [2.05, 4.69) is 0 Å². The summed E-state index contributed by atoms with van der Waals surface area (Å²) in [7, 11) is 1.47. The molecule has 0 heterocycles. The zero-order chi connectivity index (χ0) is 9.14. The van der Waals surface area contributed by atoms with E-state index in [1.54, 1.807) is 6.07 Å². The van der Waals surface area contributed by atoms with Gasteiger partial charge in [-0.1, -0.05) is 0 Å². The lowest BCUT2D eigenvalue weighted by Crippen LogP contribution is -1.96. The topological polar surface area (TPSA) is 29.5 Å². The molecule has 0 aliphatic heterocycles. The van der Waals surface area contributed by atoms with Gasteiger partial charge in [0.25, 0.3) is 0 Å². The third-order valence-electron chi connectivity index (χ3n) is 1.66. The zero-order valence-corrected chi connectivity index (χ0v) is 7.04. The number of ether oxygens (including phenoxy) is 1. The van der Waals surface area contributed by atoms with Crippen molar-refractivity contribution in [3.8, 4) is 5.75 Å². The first-order valence-electron chi connectivity index (χ1n) is 3.66. The molecule has 0 aliphatic carbocycles. The monoisotopic (exact) mass is 170 g/mol. The van der Waals surface area contributed by atoms with E-state index < -0.39 is 11.9 Å². The molecule has 0 saturated carbocycles. The highest BCUT2D eigenvalue weighted by molar-refractivity contribution is 5.29. The summed E-state index contributed by atoms with van der Waals surface area (Å²) in [4.78, 5) is 0. The summed E-state index contributed by atoms with van der Waals surface area (Å²) in [6, 6.07) is 4.38. The largest absolute Gasteiger partial charge is 0.497 e. The van der Waals surface area contributed by atoms with E-state index in [1.165, 1.54) is 26.2 Å². The van der Waals surface area contributed by atoms with Crippen molar-refractivity contribution in [1.82, 2.24) is 0 Å². The lowest BCUT2D eigenvalue weighted by Gasteiger charge is -2.07. The smallest absolute Gasteiger partial charge is 0.132 e. The van der Waals surface area contributed by atoms with Gasteiger partial charge in [-0.25, -0.2) is 4.39 Å². The van der Waals surface area contributed by atoms with Gasteiger partial charge in [0, 0.05) is 11.6 Å². The predicted molar refractivity (Wildman–Crippen MR) is 43.6 cm³/mol. The molecule has 0 spiro atoms. The predicted octanol–water partition coefficient (Wildman–Crippen LogP) is 1.89. The standard InChI is InChI=1S/C9H11FO2/c1-6(11)8-4-3-7(12-2)5-9(8)10/h3-6,11H,1-2H3/t6-/m0/s1. The molecule has 0 aromatic heterocycles. The Morgan fingerprint density at radius 3 is 2.58 bits per heavy atom. The van der Waals surface area contributed by atoms with Crippen molar-refractivity contribution in [2.24, 2.45) is 0 Å². The number of aliphatic hydroxyl groups excluding tert-OH is 1. The van der Waals surface area contributed by atoms with E-state index in [4.69, 9.17) is 9.84 Å². The van der Waals surface area contributed by atoms with Crippen LogP contribution in [0, 0.1) is 5.82 Å². The molecule has 1 N–H and O–H groups in total. The van der Waals surface area contributed by atoms with Crippen molar-refractivity contribution in [2.75, 3.05) is 7.11 Å². The maximum atomic E-state index is 13.0. The highest BCUT2D eigenvalue weighted by Crippen LogP contribution is 2.20. The number of aliphatic hydroxyl groups is 1. The second kappa shape index (κ2) is 3.54. The van der Waals surface area contributed by atoms with Crippen molar-refractivity contribution in [2.45, 2.75) is 13.0 Å². The molecule has 1 rings (SSSR count). The Labute approximate surface area is 70.6 Å². The normalized spacial score (nSPS) is 12.7. The van der Waals surface area contributed by atoms with E-state index in [0.717, 1.165) is 0 Å². The van der Waals surface area contributed by atoms with Gasteiger partial charge in [-0.3, -0.25) is 0 Å². The van der Waals surface area contributed by atoms with Gasteiger partial charge < -0.3 is 9.84 Å². The molecule has 1 atom stereocenters. The summed E-state index contributed by atoms with van der Waals surface area (Å²) >= 11 is 0. The van der Waals surface area contributed by atoms with Crippen molar-refractivity contribution in [3.05, 3.63) is 29.6 Å². The molecule has 0 amide bonds. The van der Waals surface area contributed by atoms with Crippen molar-refractivity contribution < 1.29 is 14.2 Å². The van der Waals surface area contributed by atoms with Crippen LogP contribution in [-0.4, -0.2) is 12.2 Å². The maximum absolute atomic E-state index is 13.0. The fourth-order valence-electron chi connectivity index (χ4n) is 0.974. The molecule has 0 fully saturated rings. The van der Waals surface area contributed by atoms with Crippen LogP contribution >= 0.6 is 0 Å². The van der Waals surface area contributed by atoms with Crippen LogP contribution in [0.1, 0.15) is 18.6 Å². The SMILES string of the molecule is COc1ccc([C@H](C)O)c(F)c1. The lowest BCUT2D eigenvalue weighted by molar-refractivity contribution is 0.194. The third kappa shape index (κ3) is 1.74. The van der Waals surface area contributed by atoms with E-state index >= 15 is 0 Å². The first-order valence-corrected chi connectivity index (χ1v) is 3.66. The van der Waals surface area contributed by atoms with Gasteiger partial charge in [-0.2, -0.15) is 0 Å². The molecule has 0 saturated heterocycles. The van der Waals surface area contributed by atoms with Gasteiger partial charge in [0.15, 0.2) is 0 Å². The number of methoxy groups -OCH3 is 1. The second-order valence-electron chi connectivity index (χ2n) is 2.56. The number of benzene rings is 1. The molecule has 0 aliphatic rings. The minimum absolute atomic E-state index is 0.288. The number of rotatable bonds is 2. The maximum Gasteiger partial charge on any atom is 0.132 e. The molecule has 3 heteroatoms. The van der Waals surface area contributed by atoms with Crippen LogP contribution < -0.4 is 4.74 Å². The Hall–Kier alpha value is -1.09. The van der Waals surface area contributed by atoms with Crippen molar-refractivity contribution >= 4 is 0 Å². The van der Waals surface area contributed by atoms with Gasteiger partial charge in [0.2, 0.25) is 0 Å². The zero-order valence-electron chi connectivity index (χ0n) is 7.04. The van der Waals surface area contributed by atoms with E-state index in [9.17, 15) is 4.39 Å². The summed E-state index contributed by atoms with van der Waals surface area (Å²) in [5.41, 5.74) is 0.288. The van der Waals surface area contributed by atoms with Gasteiger partial charge >= 0.3 is 0 Å². The lowest BCUT2D eigenvalue weighted by atomic mass is 10.1. The van der Waals surface area contributed by atoms with Gasteiger partial charge in [-0.05, 0) is 19.1 Å². The number of halogens is 1. The Morgan fingerprint density at radius 2 is 2.17 bits per heavy atom. The minimum atomic E-state index is -0.782. The van der Waals surface area contributed by atoms with Gasteiger partial charge in [0.05, 0.1) is 13.2 Å². The first-order chi connectivity index (χ1) is 5.65. The molecule has 1 aromatic carbocycles. The molecular formula is C9H11FO2. The third-order valence-corrected chi connectivity index (χ3v) is 1.66. The number of hydrogen-bond acceptors (Lipinski definition) is 2. The molecule has 66 valence electrons. The molecule has 0 radical (unpaired) electrons. The van der Waals surface area contributed by atoms with Crippen LogP contribution in [0.3, 0.4) is 0 Å². The van der Waals surface area contributed by atoms with Crippen LogP contribution in [0.5, 0.6) is 5.75 Å².